The number of aromatic carboxylic acids is 1. The van der Waals surface area contributed by atoms with Crippen LogP contribution in [0, 0.1) is 5.82 Å². The molecule has 2 aromatic rings. The molecule has 6 heteroatoms. The summed E-state index contributed by atoms with van der Waals surface area (Å²) in [6.07, 6.45) is 2.75. The second-order valence-corrected chi connectivity index (χ2v) is 5.22. The summed E-state index contributed by atoms with van der Waals surface area (Å²) >= 11 is 0. The van der Waals surface area contributed by atoms with Gasteiger partial charge in [0.05, 0.1) is 11.9 Å². The molecule has 0 aromatic carbocycles. The van der Waals surface area contributed by atoms with Gasteiger partial charge in [0.15, 0.2) is 11.5 Å². The van der Waals surface area contributed by atoms with Gasteiger partial charge in [0.25, 0.3) is 0 Å². The molecule has 0 atom stereocenters. The predicted molar refractivity (Wildman–Crippen MR) is 67.4 cm³/mol. The molecule has 100 valence electrons. The van der Waals surface area contributed by atoms with Crippen molar-refractivity contribution >= 4 is 5.97 Å². The first-order valence-corrected chi connectivity index (χ1v) is 5.74. The molecule has 2 heterocycles. The molecule has 0 aliphatic heterocycles. The van der Waals surface area contributed by atoms with Crippen molar-refractivity contribution in [1.82, 2.24) is 15.0 Å². The molecule has 2 N–H and O–H groups in total. The number of carboxylic acids is 1. The fraction of sp³-hybridized carbons (Fsp3) is 0.308. The first-order chi connectivity index (χ1) is 8.80. The second kappa shape index (κ2) is 4.46. The van der Waals surface area contributed by atoms with Crippen molar-refractivity contribution in [2.75, 3.05) is 0 Å². The Morgan fingerprint density at radius 2 is 2.05 bits per heavy atom. The normalized spacial score (nSPS) is 11.6. The fourth-order valence-corrected chi connectivity index (χ4v) is 1.64. The van der Waals surface area contributed by atoms with Crippen molar-refractivity contribution < 1.29 is 14.3 Å². The summed E-state index contributed by atoms with van der Waals surface area (Å²) in [5.74, 6) is -1.55. The molecule has 0 unspecified atom stereocenters. The highest BCUT2D eigenvalue weighted by molar-refractivity contribution is 5.87. The minimum atomic E-state index is -1.39. The Morgan fingerprint density at radius 1 is 1.37 bits per heavy atom. The summed E-state index contributed by atoms with van der Waals surface area (Å²) in [5, 5.41) is 8.84. The molecule has 2 rings (SSSR count). The largest absolute Gasteiger partial charge is 0.476 e. The van der Waals surface area contributed by atoms with E-state index in [-0.39, 0.29) is 11.0 Å². The zero-order valence-corrected chi connectivity index (χ0v) is 10.9. The SMILES string of the molecule is CC(C)(C)c1ncc(-c2ccnc(C(=O)O)c2F)[nH]1. The standard InChI is InChI=1S/C13H14FN3O2/c1-13(2,3)12-16-6-8(17-12)7-4-5-15-10(9(7)14)11(18)19/h4-6H,1-3H3,(H,16,17)(H,18,19). The Labute approximate surface area is 109 Å². The van der Waals surface area contributed by atoms with Gasteiger partial charge in [-0.05, 0) is 6.07 Å². The van der Waals surface area contributed by atoms with Crippen LogP contribution in [0.1, 0.15) is 37.1 Å². The van der Waals surface area contributed by atoms with E-state index in [9.17, 15) is 9.18 Å². The van der Waals surface area contributed by atoms with E-state index < -0.39 is 17.5 Å². The number of hydrogen-bond donors (Lipinski definition) is 2. The first-order valence-electron chi connectivity index (χ1n) is 5.74. The number of halogens is 1. The van der Waals surface area contributed by atoms with Crippen molar-refractivity contribution in [2.24, 2.45) is 0 Å². The van der Waals surface area contributed by atoms with Gasteiger partial charge in [-0.15, -0.1) is 0 Å². The Hall–Kier alpha value is -2.24. The molecule has 0 aliphatic rings. The number of nitrogens with zero attached hydrogens (tertiary/aromatic N) is 2. The lowest BCUT2D eigenvalue weighted by atomic mass is 9.96. The topological polar surface area (TPSA) is 78.9 Å². The quantitative estimate of drug-likeness (QED) is 0.872. The van der Waals surface area contributed by atoms with Crippen molar-refractivity contribution in [3.05, 3.63) is 35.8 Å². The van der Waals surface area contributed by atoms with Crippen LogP contribution in [0.25, 0.3) is 11.3 Å². The van der Waals surface area contributed by atoms with Gasteiger partial charge < -0.3 is 10.1 Å². The number of pyridine rings is 1. The van der Waals surface area contributed by atoms with E-state index in [1.54, 1.807) is 0 Å². The minimum absolute atomic E-state index is 0.149. The van der Waals surface area contributed by atoms with Gasteiger partial charge in [-0.25, -0.2) is 19.2 Å². The Kier molecular flexibility index (Phi) is 3.09. The van der Waals surface area contributed by atoms with Gasteiger partial charge in [-0.1, -0.05) is 20.8 Å². The number of aromatic nitrogens is 3. The average molecular weight is 263 g/mol. The third kappa shape index (κ3) is 2.47. The summed E-state index contributed by atoms with van der Waals surface area (Å²) in [4.78, 5) is 21.5. The maximum atomic E-state index is 14.0. The van der Waals surface area contributed by atoms with E-state index in [4.69, 9.17) is 5.11 Å². The number of nitrogens with one attached hydrogen (secondary N) is 1. The number of carbonyl (C=O) groups is 1. The summed E-state index contributed by atoms with van der Waals surface area (Å²) in [5.41, 5.74) is -0.204. The molecule has 0 amide bonds. The molecule has 2 aromatic heterocycles. The zero-order chi connectivity index (χ0) is 14.2. The highest BCUT2D eigenvalue weighted by Gasteiger charge is 2.21. The summed E-state index contributed by atoms with van der Waals surface area (Å²) in [6.45, 7) is 5.92. The molecule has 5 nitrogen and oxygen atoms in total. The number of aromatic amines is 1. The average Bonchev–Trinajstić information content (AvgIpc) is 2.77. The van der Waals surface area contributed by atoms with Crippen LogP contribution in [0.5, 0.6) is 0 Å². The van der Waals surface area contributed by atoms with Gasteiger partial charge in [-0.3, -0.25) is 0 Å². The van der Waals surface area contributed by atoms with Crippen LogP contribution in [0.4, 0.5) is 4.39 Å². The van der Waals surface area contributed by atoms with Crippen molar-refractivity contribution in [2.45, 2.75) is 26.2 Å². The molecule has 0 saturated carbocycles. The van der Waals surface area contributed by atoms with E-state index in [1.165, 1.54) is 18.5 Å². The zero-order valence-electron chi connectivity index (χ0n) is 10.9. The van der Waals surface area contributed by atoms with E-state index in [0.29, 0.717) is 11.5 Å². The lowest BCUT2D eigenvalue weighted by molar-refractivity contribution is 0.0685. The highest BCUT2D eigenvalue weighted by Crippen LogP contribution is 2.26. The predicted octanol–water partition coefficient (Wildman–Crippen LogP) is 2.61. The van der Waals surface area contributed by atoms with Crippen LogP contribution in [-0.4, -0.2) is 26.0 Å². The summed E-state index contributed by atoms with van der Waals surface area (Å²) in [6, 6.07) is 1.42. The summed E-state index contributed by atoms with van der Waals surface area (Å²) < 4.78 is 14.0. The van der Waals surface area contributed by atoms with E-state index in [1.807, 2.05) is 20.8 Å². The van der Waals surface area contributed by atoms with Crippen molar-refractivity contribution in [3.8, 4) is 11.3 Å². The Bertz CT molecular complexity index is 629. The molecule has 0 aliphatic carbocycles. The lowest BCUT2D eigenvalue weighted by Gasteiger charge is -2.14. The smallest absolute Gasteiger partial charge is 0.357 e. The number of imidazole rings is 1. The molecule has 0 spiro atoms. The molecule has 0 radical (unpaired) electrons. The van der Waals surface area contributed by atoms with E-state index in [0.717, 1.165) is 0 Å². The molecular formula is C13H14FN3O2. The molecule has 0 fully saturated rings. The molecule has 19 heavy (non-hydrogen) atoms. The van der Waals surface area contributed by atoms with Gasteiger partial charge in [-0.2, -0.15) is 0 Å². The van der Waals surface area contributed by atoms with Gasteiger partial charge >= 0.3 is 5.97 Å². The fourth-order valence-electron chi connectivity index (χ4n) is 1.64. The van der Waals surface area contributed by atoms with Crippen molar-refractivity contribution in [1.29, 1.82) is 0 Å². The van der Waals surface area contributed by atoms with Gasteiger partial charge in [0, 0.05) is 17.2 Å². The van der Waals surface area contributed by atoms with Gasteiger partial charge in [0.2, 0.25) is 0 Å². The second-order valence-electron chi connectivity index (χ2n) is 5.22. The molecule has 0 bridgehead atoms. The highest BCUT2D eigenvalue weighted by atomic mass is 19.1. The van der Waals surface area contributed by atoms with Crippen LogP contribution in [0.3, 0.4) is 0 Å². The third-order valence-corrected chi connectivity index (χ3v) is 2.67. The van der Waals surface area contributed by atoms with Crippen molar-refractivity contribution in [3.63, 3.8) is 0 Å². The van der Waals surface area contributed by atoms with Crippen LogP contribution < -0.4 is 0 Å². The Morgan fingerprint density at radius 3 is 2.58 bits per heavy atom. The van der Waals surface area contributed by atoms with E-state index in [2.05, 4.69) is 15.0 Å². The van der Waals surface area contributed by atoms with Crippen LogP contribution in [-0.2, 0) is 5.41 Å². The summed E-state index contributed by atoms with van der Waals surface area (Å²) in [7, 11) is 0. The number of H-pyrrole nitrogens is 1. The van der Waals surface area contributed by atoms with Crippen LogP contribution in [0.15, 0.2) is 18.5 Å². The monoisotopic (exact) mass is 263 g/mol. The minimum Gasteiger partial charge on any atom is -0.476 e. The molecule has 0 saturated heterocycles. The van der Waals surface area contributed by atoms with E-state index >= 15 is 0 Å². The lowest BCUT2D eigenvalue weighted by Crippen LogP contribution is -2.13. The first kappa shape index (κ1) is 13.2. The number of rotatable bonds is 2. The third-order valence-electron chi connectivity index (χ3n) is 2.67. The maximum absolute atomic E-state index is 14.0. The maximum Gasteiger partial charge on any atom is 0.357 e. The van der Waals surface area contributed by atoms with Gasteiger partial charge in [0.1, 0.15) is 5.82 Å². The number of hydrogen-bond acceptors (Lipinski definition) is 3. The van der Waals surface area contributed by atoms with Crippen LogP contribution in [0.2, 0.25) is 0 Å². The Balaban J connectivity index is 2.51. The van der Waals surface area contributed by atoms with Crippen LogP contribution >= 0.6 is 0 Å². The molecular weight excluding hydrogens is 249 g/mol. The number of carboxylic acid groups (broad SMARTS) is 1.